The van der Waals surface area contributed by atoms with Crippen LogP contribution in [-0.4, -0.2) is 0 Å². The van der Waals surface area contributed by atoms with E-state index in [0.29, 0.717) is 0 Å². The quantitative estimate of drug-likeness (QED) is 0.368. The fraction of sp³-hybridized carbons (Fsp3) is 0. The number of hydrogen-bond donors (Lipinski definition) is 0. The van der Waals surface area contributed by atoms with Crippen LogP contribution in [0.25, 0.3) is 24.3 Å². The first kappa shape index (κ1) is 16.9. The monoisotopic (exact) mass is 438 g/mol. The maximum Gasteiger partial charge on any atom is 0.0395 e. The third-order valence-electron chi connectivity index (χ3n) is 3.66. The van der Waals surface area contributed by atoms with Gasteiger partial charge in [0.25, 0.3) is 0 Å². The minimum atomic E-state index is 1.05. The van der Waals surface area contributed by atoms with Crippen molar-refractivity contribution in [2.24, 2.45) is 0 Å². The maximum atomic E-state index is 3.70. The molecule has 0 aliphatic carbocycles. The molecular formula is C22H16Br2. The lowest BCUT2D eigenvalue weighted by Gasteiger charge is -2.07. The molecule has 3 rings (SSSR count). The highest BCUT2D eigenvalue weighted by Gasteiger charge is 2.06. The van der Waals surface area contributed by atoms with E-state index in [9.17, 15) is 0 Å². The van der Waals surface area contributed by atoms with Gasteiger partial charge in [0.15, 0.2) is 0 Å². The van der Waals surface area contributed by atoms with Crippen molar-refractivity contribution in [2.75, 3.05) is 0 Å². The van der Waals surface area contributed by atoms with Crippen molar-refractivity contribution in [2.45, 2.75) is 0 Å². The predicted octanol–water partition coefficient (Wildman–Crippen LogP) is 7.55. The van der Waals surface area contributed by atoms with Gasteiger partial charge in [0.2, 0.25) is 0 Å². The number of rotatable bonds is 4. The highest BCUT2D eigenvalue weighted by Crippen LogP contribution is 2.32. The van der Waals surface area contributed by atoms with E-state index in [4.69, 9.17) is 0 Å². The van der Waals surface area contributed by atoms with Crippen molar-refractivity contribution in [3.63, 3.8) is 0 Å². The predicted molar refractivity (Wildman–Crippen MR) is 113 cm³/mol. The van der Waals surface area contributed by atoms with Gasteiger partial charge in [-0.15, -0.1) is 0 Å². The summed E-state index contributed by atoms with van der Waals surface area (Å²) < 4.78 is 2.11. The van der Waals surface area contributed by atoms with Gasteiger partial charge in [-0.2, -0.15) is 0 Å². The Balaban J connectivity index is 1.96. The molecule has 0 fully saturated rings. The summed E-state index contributed by atoms with van der Waals surface area (Å²) in [5.74, 6) is 0. The molecule has 0 bridgehead atoms. The lowest BCUT2D eigenvalue weighted by atomic mass is 10.0. The van der Waals surface area contributed by atoms with E-state index in [1.807, 2.05) is 36.4 Å². The van der Waals surface area contributed by atoms with Gasteiger partial charge in [-0.05, 0) is 60.2 Å². The molecule has 0 aliphatic rings. The lowest BCUT2D eigenvalue weighted by Crippen LogP contribution is -1.85. The molecule has 0 spiro atoms. The van der Waals surface area contributed by atoms with Crippen LogP contribution in [0.1, 0.15) is 22.3 Å². The minimum absolute atomic E-state index is 1.05. The molecule has 24 heavy (non-hydrogen) atoms. The van der Waals surface area contributed by atoms with Gasteiger partial charge in [0.1, 0.15) is 0 Å². The summed E-state index contributed by atoms with van der Waals surface area (Å²) in [6.45, 7) is 0. The molecule has 118 valence electrons. The zero-order chi connectivity index (χ0) is 16.8. The summed E-state index contributed by atoms with van der Waals surface area (Å²) in [4.78, 5) is 0. The molecule has 0 aromatic heterocycles. The molecule has 0 saturated heterocycles. The first-order valence-corrected chi connectivity index (χ1v) is 9.27. The molecule has 0 saturated carbocycles. The Bertz CT molecular complexity index is 863. The molecule has 0 radical (unpaired) electrons. The molecule has 3 aromatic rings. The zero-order valence-corrected chi connectivity index (χ0v) is 16.2. The van der Waals surface area contributed by atoms with Crippen LogP contribution in [0.2, 0.25) is 0 Å². The van der Waals surface area contributed by atoms with E-state index in [1.165, 1.54) is 16.7 Å². The molecule has 3 aromatic carbocycles. The van der Waals surface area contributed by atoms with Crippen LogP contribution in [0.3, 0.4) is 0 Å². The zero-order valence-electron chi connectivity index (χ0n) is 13.0. The van der Waals surface area contributed by atoms with Crippen molar-refractivity contribution >= 4 is 56.2 Å². The van der Waals surface area contributed by atoms with Crippen LogP contribution in [0.15, 0.2) is 81.7 Å². The fourth-order valence-electron chi connectivity index (χ4n) is 2.39. The summed E-state index contributed by atoms with van der Waals surface area (Å²) in [5.41, 5.74) is 4.69. The van der Waals surface area contributed by atoms with Crippen LogP contribution >= 0.6 is 31.9 Å². The summed E-state index contributed by atoms with van der Waals surface area (Å²) in [6, 6.07) is 24.8. The van der Waals surface area contributed by atoms with Gasteiger partial charge >= 0.3 is 0 Å². The minimum Gasteiger partial charge on any atom is -0.0622 e. The Morgan fingerprint density at radius 1 is 0.542 bits per heavy atom. The third-order valence-corrected chi connectivity index (χ3v) is 5.71. The van der Waals surface area contributed by atoms with E-state index in [-0.39, 0.29) is 0 Å². The van der Waals surface area contributed by atoms with Crippen LogP contribution in [-0.2, 0) is 0 Å². The first-order chi connectivity index (χ1) is 11.7. The van der Waals surface area contributed by atoms with Crippen molar-refractivity contribution in [1.29, 1.82) is 0 Å². The molecule has 0 nitrogen and oxygen atoms in total. The van der Waals surface area contributed by atoms with Gasteiger partial charge in [-0.3, -0.25) is 0 Å². The maximum absolute atomic E-state index is 3.70. The van der Waals surface area contributed by atoms with Crippen molar-refractivity contribution in [3.8, 4) is 0 Å². The number of hydrogen-bond acceptors (Lipinski definition) is 0. The average molecular weight is 440 g/mol. The summed E-state index contributed by atoms with van der Waals surface area (Å²) in [6.07, 6.45) is 8.56. The van der Waals surface area contributed by atoms with Crippen LogP contribution in [0.4, 0.5) is 0 Å². The Kier molecular flexibility index (Phi) is 5.84. The largest absolute Gasteiger partial charge is 0.0622 e. The van der Waals surface area contributed by atoms with Crippen molar-refractivity contribution < 1.29 is 0 Å². The molecule has 0 heterocycles. The molecule has 0 aliphatic heterocycles. The van der Waals surface area contributed by atoms with Gasteiger partial charge in [0.05, 0.1) is 0 Å². The van der Waals surface area contributed by atoms with Crippen molar-refractivity contribution in [3.05, 3.63) is 104 Å². The molecule has 2 heteroatoms. The Morgan fingerprint density at radius 3 is 1.67 bits per heavy atom. The second-order valence-corrected chi connectivity index (χ2v) is 7.00. The normalized spacial score (nSPS) is 11.4. The molecule has 0 N–H and O–H groups in total. The Labute approximate surface area is 159 Å². The smallest absolute Gasteiger partial charge is 0.0395 e. The molecular weight excluding hydrogens is 424 g/mol. The second-order valence-electron chi connectivity index (χ2n) is 5.35. The SMILES string of the molecule is Brc1ccc(C=Cc2ccccc2)c(C=Cc2ccccc2)c1Br. The highest BCUT2D eigenvalue weighted by atomic mass is 79.9. The number of benzene rings is 3. The fourth-order valence-corrected chi connectivity index (χ4v) is 3.23. The summed E-state index contributed by atoms with van der Waals surface area (Å²) in [7, 11) is 0. The molecule has 0 atom stereocenters. The van der Waals surface area contributed by atoms with E-state index in [2.05, 4.69) is 92.6 Å². The van der Waals surface area contributed by atoms with Crippen LogP contribution in [0.5, 0.6) is 0 Å². The average Bonchev–Trinajstić information content (AvgIpc) is 2.63. The van der Waals surface area contributed by atoms with Gasteiger partial charge in [0, 0.05) is 8.95 Å². The van der Waals surface area contributed by atoms with E-state index in [1.54, 1.807) is 0 Å². The second kappa shape index (κ2) is 8.27. The standard InChI is InChI=1S/C22H16Br2/c23-21-16-14-19(13-11-17-7-3-1-4-8-17)20(22(21)24)15-12-18-9-5-2-6-10-18/h1-16H. The third kappa shape index (κ3) is 4.34. The van der Waals surface area contributed by atoms with Gasteiger partial charge in [-0.1, -0.05) is 91.0 Å². The van der Waals surface area contributed by atoms with E-state index in [0.717, 1.165) is 14.5 Å². The number of halogens is 2. The van der Waals surface area contributed by atoms with E-state index >= 15 is 0 Å². The lowest BCUT2D eigenvalue weighted by molar-refractivity contribution is 1.52. The topological polar surface area (TPSA) is 0 Å². The van der Waals surface area contributed by atoms with Gasteiger partial charge < -0.3 is 0 Å². The molecule has 0 amide bonds. The highest BCUT2D eigenvalue weighted by molar-refractivity contribution is 9.13. The summed E-state index contributed by atoms with van der Waals surface area (Å²) in [5, 5.41) is 0. The first-order valence-electron chi connectivity index (χ1n) is 7.68. The van der Waals surface area contributed by atoms with Gasteiger partial charge in [-0.25, -0.2) is 0 Å². The van der Waals surface area contributed by atoms with E-state index < -0.39 is 0 Å². The Hall–Kier alpha value is -1.90. The summed E-state index contributed by atoms with van der Waals surface area (Å²) >= 11 is 7.30. The van der Waals surface area contributed by atoms with Crippen LogP contribution in [0, 0.1) is 0 Å². The van der Waals surface area contributed by atoms with Crippen LogP contribution < -0.4 is 0 Å². The molecule has 0 unspecified atom stereocenters. The Morgan fingerprint density at radius 2 is 1.08 bits per heavy atom. The van der Waals surface area contributed by atoms with Crippen molar-refractivity contribution in [1.82, 2.24) is 0 Å².